The topological polar surface area (TPSA) is 101 Å². The highest BCUT2D eigenvalue weighted by Crippen LogP contribution is 2.10. The van der Waals surface area contributed by atoms with Crippen molar-refractivity contribution in [3.63, 3.8) is 0 Å². The normalized spacial score (nSPS) is 11.2. The molecule has 178 valence electrons. The third-order valence-electron chi connectivity index (χ3n) is 4.81. The van der Waals surface area contributed by atoms with Gasteiger partial charge >= 0.3 is 21.0 Å². The summed E-state index contributed by atoms with van der Waals surface area (Å²) in [5, 5.41) is 4.00. The zero-order valence-electron chi connectivity index (χ0n) is 19.7. The van der Waals surface area contributed by atoms with Crippen molar-refractivity contribution in [1.29, 1.82) is 0 Å². The van der Waals surface area contributed by atoms with Crippen LogP contribution in [0, 0.1) is 0 Å². The molecule has 0 saturated heterocycles. The van der Waals surface area contributed by atoms with Crippen molar-refractivity contribution >= 4 is 21.0 Å². The fourth-order valence-electron chi connectivity index (χ4n) is 3.01. The molecule has 0 aromatic rings. The van der Waals surface area contributed by atoms with Gasteiger partial charge in [0.05, 0.1) is 0 Å². The van der Waals surface area contributed by atoms with Crippen molar-refractivity contribution < 1.29 is 22.9 Å². The fourth-order valence-corrected chi connectivity index (χ4v) is 4.21. The van der Waals surface area contributed by atoms with Gasteiger partial charge in [-0.15, -0.1) is 0 Å². The number of nitrogens with zero attached hydrogens (tertiary/aromatic N) is 1. The van der Waals surface area contributed by atoms with Gasteiger partial charge < -0.3 is 18.6 Å². The van der Waals surface area contributed by atoms with Crippen molar-refractivity contribution in [2.45, 2.75) is 84.5 Å². The molecule has 3 N–H and O–H groups in total. The van der Waals surface area contributed by atoms with Crippen LogP contribution in [0.3, 0.4) is 0 Å². The number of rotatable bonds is 17. The summed E-state index contributed by atoms with van der Waals surface area (Å²) in [5.74, 6) is 0. The minimum Gasteiger partial charge on any atom is -0.360 e. The standard InChI is InChI=1S/C20H44N4O5Si/c1-6-8-9-10-11-12-13-14-15-16-17-21-19(25)22-24(18-7-2)20(26)23-30(27-3,28-4)29-5/h6-18H2,1-5H3,(H,23,26)(H2,21,22,25). The zero-order chi connectivity index (χ0) is 22.7. The largest absolute Gasteiger partial charge is 0.634 e. The van der Waals surface area contributed by atoms with Gasteiger partial charge in [-0.3, -0.25) is 4.98 Å². The molecule has 0 aliphatic heterocycles. The van der Waals surface area contributed by atoms with Crippen molar-refractivity contribution in [2.75, 3.05) is 34.4 Å². The number of hydrogen-bond donors (Lipinski definition) is 3. The molecule has 10 heteroatoms. The van der Waals surface area contributed by atoms with E-state index >= 15 is 0 Å². The van der Waals surface area contributed by atoms with Gasteiger partial charge in [0.25, 0.3) is 0 Å². The number of hydrazine groups is 1. The highest BCUT2D eigenvalue weighted by molar-refractivity contribution is 6.60. The molecule has 0 aromatic heterocycles. The van der Waals surface area contributed by atoms with Crippen LogP contribution in [0.4, 0.5) is 9.59 Å². The third-order valence-corrected chi connectivity index (χ3v) is 6.94. The molecular formula is C20H44N4O5Si. The summed E-state index contributed by atoms with van der Waals surface area (Å²) in [4.78, 5) is 27.2. The van der Waals surface area contributed by atoms with Crippen LogP contribution < -0.4 is 15.7 Å². The SMILES string of the molecule is CCCCCCCCCCCCNC(=O)NN(CCC)C(=O)N[Si](OC)(OC)OC. The number of carbonyl (C=O) groups is 2. The van der Waals surface area contributed by atoms with Crippen LogP contribution in [0.2, 0.25) is 0 Å². The second-order valence-electron chi connectivity index (χ2n) is 7.30. The van der Waals surface area contributed by atoms with Gasteiger partial charge in [-0.1, -0.05) is 71.6 Å². The van der Waals surface area contributed by atoms with Gasteiger partial charge in [0.1, 0.15) is 0 Å². The van der Waals surface area contributed by atoms with Gasteiger partial charge in [-0.05, 0) is 12.8 Å². The van der Waals surface area contributed by atoms with E-state index in [1.54, 1.807) is 0 Å². The first-order chi connectivity index (χ1) is 14.5. The molecule has 30 heavy (non-hydrogen) atoms. The molecule has 0 aromatic carbocycles. The molecule has 0 unspecified atom stereocenters. The van der Waals surface area contributed by atoms with Crippen LogP contribution in [0.5, 0.6) is 0 Å². The van der Waals surface area contributed by atoms with E-state index in [1.807, 2.05) is 6.92 Å². The zero-order valence-corrected chi connectivity index (χ0v) is 20.7. The van der Waals surface area contributed by atoms with Gasteiger partial charge in [-0.25, -0.2) is 20.0 Å². The van der Waals surface area contributed by atoms with Crippen LogP contribution in [0.1, 0.15) is 84.5 Å². The second kappa shape index (κ2) is 18.4. The summed E-state index contributed by atoms with van der Waals surface area (Å²) in [7, 11) is 0.904. The Balaban J connectivity index is 4.07. The van der Waals surface area contributed by atoms with E-state index in [0.29, 0.717) is 19.5 Å². The van der Waals surface area contributed by atoms with E-state index < -0.39 is 21.0 Å². The van der Waals surface area contributed by atoms with Crippen molar-refractivity contribution in [1.82, 2.24) is 20.7 Å². The summed E-state index contributed by atoms with van der Waals surface area (Å²) in [6, 6.07) is -0.947. The number of hydrogen-bond acceptors (Lipinski definition) is 5. The molecule has 0 atom stereocenters. The van der Waals surface area contributed by atoms with Crippen LogP contribution in [0.25, 0.3) is 0 Å². The maximum Gasteiger partial charge on any atom is 0.634 e. The lowest BCUT2D eigenvalue weighted by Crippen LogP contribution is -2.64. The number of unbranched alkanes of at least 4 members (excludes halogenated alkanes) is 9. The van der Waals surface area contributed by atoms with E-state index in [2.05, 4.69) is 22.6 Å². The van der Waals surface area contributed by atoms with E-state index in [-0.39, 0.29) is 0 Å². The summed E-state index contributed by atoms with van der Waals surface area (Å²) < 4.78 is 15.6. The Bertz CT molecular complexity index is 445. The Morgan fingerprint density at radius 1 is 0.767 bits per heavy atom. The van der Waals surface area contributed by atoms with E-state index in [1.165, 1.54) is 77.7 Å². The molecule has 4 amide bonds. The van der Waals surface area contributed by atoms with Crippen molar-refractivity contribution in [2.24, 2.45) is 0 Å². The summed E-state index contributed by atoms with van der Waals surface area (Å²) in [6.07, 6.45) is 13.1. The van der Waals surface area contributed by atoms with Crippen LogP contribution in [0.15, 0.2) is 0 Å². The molecule has 0 saturated carbocycles. The quantitative estimate of drug-likeness (QED) is 0.178. The van der Waals surface area contributed by atoms with Crippen molar-refractivity contribution in [3.05, 3.63) is 0 Å². The number of amides is 4. The summed E-state index contributed by atoms with van der Waals surface area (Å²) in [5.41, 5.74) is 2.57. The Kier molecular flexibility index (Phi) is 17.6. The maximum atomic E-state index is 12.5. The summed E-state index contributed by atoms with van der Waals surface area (Å²) in [6.45, 7) is 5.08. The van der Waals surface area contributed by atoms with Gasteiger partial charge in [0, 0.05) is 34.4 Å². The number of urea groups is 2. The van der Waals surface area contributed by atoms with Gasteiger partial charge in [-0.2, -0.15) is 0 Å². The molecule has 0 heterocycles. The molecule has 0 aliphatic rings. The lowest BCUT2D eigenvalue weighted by Gasteiger charge is -2.29. The molecule has 0 aliphatic carbocycles. The first-order valence-corrected chi connectivity index (χ1v) is 13.0. The first kappa shape index (κ1) is 28.6. The second-order valence-corrected chi connectivity index (χ2v) is 9.89. The minimum absolute atomic E-state index is 0.346. The predicted molar refractivity (Wildman–Crippen MR) is 121 cm³/mol. The average Bonchev–Trinajstić information content (AvgIpc) is 2.75. The number of nitrogens with one attached hydrogen (secondary N) is 3. The average molecular weight is 449 g/mol. The minimum atomic E-state index is -3.29. The van der Waals surface area contributed by atoms with Crippen LogP contribution in [-0.4, -0.2) is 60.5 Å². The van der Waals surface area contributed by atoms with Crippen molar-refractivity contribution in [3.8, 4) is 0 Å². The lowest BCUT2D eigenvalue weighted by molar-refractivity contribution is 0.105. The highest BCUT2D eigenvalue weighted by Gasteiger charge is 2.43. The van der Waals surface area contributed by atoms with Crippen LogP contribution in [-0.2, 0) is 13.3 Å². The molecule has 0 bridgehead atoms. The highest BCUT2D eigenvalue weighted by atomic mass is 28.4. The maximum absolute atomic E-state index is 12.5. The fraction of sp³-hybridized carbons (Fsp3) is 0.900. The first-order valence-electron chi connectivity index (χ1n) is 11.3. The monoisotopic (exact) mass is 448 g/mol. The smallest absolute Gasteiger partial charge is 0.360 e. The lowest BCUT2D eigenvalue weighted by atomic mass is 10.1. The van der Waals surface area contributed by atoms with Crippen LogP contribution >= 0.6 is 0 Å². The number of carbonyl (C=O) groups excluding carboxylic acids is 2. The predicted octanol–water partition coefficient (Wildman–Crippen LogP) is 3.92. The Labute approximate surface area is 184 Å². The molecule has 0 fully saturated rings. The van der Waals surface area contributed by atoms with E-state index in [9.17, 15) is 9.59 Å². The third kappa shape index (κ3) is 13.0. The Hall–Kier alpha value is -1.36. The summed E-state index contributed by atoms with van der Waals surface area (Å²) >= 11 is 0. The van der Waals surface area contributed by atoms with E-state index in [4.69, 9.17) is 13.3 Å². The molecule has 0 radical (unpaired) electrons. The van der Waals surface area contributed by atoms with Gasteiger partial charge in [0.15, 0.2) is 0 Å². The van der Waals surface area contributed by atoms with Gasteiger partial charge in [0.2, 0.25) is 0 Å². The molecule has 9 nitrogen and oxygen atoms in total. The molecule has 0 spiro atoms. The van der Waals surface area contributed by atoms with E-state index in [0.717, 1.165) is 12.8 Å². The Morgan fingerprint density at radius 2 is 1.27 bits per heavy atom. The molecular weight excluding hydrogens is 404 g/mol. The molecule has 0 rings (SSSR count). The Morgan fingerprint density at radius 3 is 1.73 bits per heavy atom.